The van der Waals surface area contributed by atoms with Gasteiger partial charge in [0.15, 0.2) is 0 Å². The van der Waals surface area contributed by atoms with Crippen molar-refractivity contribution in [3.63, 3.8) is 0 Å². The number of benzene rings is 2. The molecule has 2 aromatic carbocycles. The number of ether oxygens (including phenoxy) is 1. The molecular formula is C17H14F3NO2. The van der Waals surface area contributed by atoms with Crippen LogP contribution in [-0.4, -0.2) is 13.0 Å². The van der Waals surface area contributed by atoms with Crippen LogP contribution in [-0.2, 0) is 11.0 Å². The van der Waals surface area contributed by atoms with Crippen LogP contribution in [0.3, 0.4) is 0 Å². The van der Waals surface area contributed by atoms with Gasteiger partial charge in [0.2, 0.25) is 5.91 Å². The molecule has 23 heavy (non-hydrogen) atoms. The van der Waals surface area contributed by atoms with Crippen LogP contribution in [0.5, 0.6) is 5.75 Å². The van der Waals surface area contributed by atoms with E-state index in [1.807, 2.05) is 0 Å². The van der Waals surface area contributed by atoms with Crippen molar-refractivity contribution in [3.8, 4) is 5.75 Å². The fraction of sp³-hybridized carbons (Fsp3) is 0.118. The minimum Gasteiger partial charge on any atom is -0.497 e. The van der Waals surface area contributed by atoms with E-state index in [2.05, 4.69) is 5.32 Å². The zero-order chi connectivity index (χ0) is 16.9. The number of methoxy groups -OCH3 is 1. The van der Waals surface area contributed by atoms with Gasteiger partial charge in [-0.2, -0.15) is 13.2 Å². The normalized spacial score (nSPS) is 11.5. The molecule has 0 saturated heterocycles. The second-order valence-corrected chi connectivity index (χ2v) is 4.64. The average molecular weight is 321 g/mol. The van der Waals surface area contributed by atoms with Gasteiger partial charge in [0, 0.05) is 6.08 Å². The van der Waals surface area contributed by atoms with Crippen LogP contribution in [0, 0.1) is 0 Å². The molecule has 1 N–H and O–H groups in total. The molecule has 0 atom stereocenters. The molecule has 0 radical (unpaired) electrons. The molecule has 6 heteroatoms. The van der Waals surface area contributed by atoms with Crippen LogP contribution >= 0.6 is 0 Å². The molecule has 1 amide bonds. The van der Waals surface area contributed by atoms with Crippen molar-refractivity contribution in [3.05, 3.63) is 65.7 Å². The summed E-state index contributed by atoms with van der Waals surface area (Å²) in [6.45, 7) is 0. The summed E-state index contributed by atoms with van der Waals surface area (Å²) in [6, 6.07) is 11.8. The summed E-state index contributed by atoms with van der Waals surface area (Å²) in [5.74, 6) is -0.0282. The molecule has 0 fully saturated rings. The lowest BCUT2D eigenvalue weighted by Crippen LogP contribution is -2.14. The van der Waals surface area contributed by atoms with Crippen LogP contribution in [0.4, 0.5) is 18.9 Å². The first kappa shape index (κ1) is 16.6. The number of para-hydroxylation sites is 1. The van der Waals surface area contributed by atoms with Gasteiger partial charge in [-0.3, -0.25) is 4.79 Å². The summed E-state index contributed by atoms with van der Waals surface area (Å²) < 4.78 is 43.6. The highest BCUT2D eigenvalue weighted by molar-refractivity contribution is 6.02. The maximum Gasteiger partial charge on any atom is 0.418 e. The van der Waals surface area contributed by atoms with E-state index in [0.29, 0.717) is 11.3 Å². The molecule has 0 aliphatic carbocycles. The second-order valence-electron chi connectivity index (χ2n) is 4.64. The van der Waals surface area contributed by atoms with Gasteiger partial charge in [-0.15, -0.1) is 0 Å². The van der Waals surface area contributed by atoms with Crippen molar-refractivity contribution in [2.75, 3.05) is 12.4 Å². The zero-order valence-electron chi connectivity index (χ0n) is 12.2. The monoisotopic (exact) mass is 321 g/mol. The van der Waals surface area contributed by atoms with Crippen molar-refractivity contribution in [2.24, 2.45) is 0 Å². The van der Waals surface area contributed by atoms with E-state index >= 15 is 0 Å². The Labute approximate surface area is 131 Å². The van der Waals surface area contributed by atoms with Gasteiger partial charge >= 0.3 is 6.18 Å². The smallest absolute Gasteiger partial charge is 0.418 e. The lowest BCUT2D eigenvalue weighted by Gasteiger charge is -2.12. The Kier molecular flexibility index (Phi) is 5.05. The van der Waals surface area contributed by atoms with E-state index in [9.17, 15) is 18.0 Å². The molecular weight excluding hydrogens is 307 g/mol. The van der Waals surface area contributed by atoms with E-state index in [0.717, 1.165) is 6.07 Å². The molecule has 0 aliphatic heterocycles. The highest BCUT2D eigenvalue weighted by Crippen LogP contribution is 2.34. The Balaban J connectivity index is 2.12. The Hall–Kier alpha value is -2.76. The van der Waals surface area contributed by atoms with Crippen LogP contribution in [0.15, 0.2) is 54.6 Å². The van der Waals surface area contributed by atoms with E-state index < -0.39 is 17.6 Å². The number of carbonyl (C=O) groups is 1. The fourth-order valence-electron chi connectivity index (χ4n) is 1.93. The minimum atomic E-state index is -4.53. The van der Waals surface area contributed by atoms with Gasteiger partial charge in [-0.1, -0.05) is 24.3 Å². The first-order chi connectivity index (χ1) is 10.9. The lowest BCUT2D eigenvalue weighted by atomic mass is 10.1. The van der Waals surface area contributed by atoms with Crippen LogP contribution in [0.2, 0.25) is 0 Å². The highest BCUT2D eigenvalue weighted by atomic mass is 19.4. The third-order valence-electron chi connectivity index (χ3n) is 3.01. The van der Waals surface area contributed by atoms with E-state index in [1.54, 1.807) is 24.3 Å². The molecule has 0 spiro atoms. The van der Waals surface area contributed by atoms with Crippen LogP contribution in [0.1, 0.15) is 11.1 Å². The van der Waals surface area contributed by atoms with Crippen molar-refractivity contribution in [1.82, 2.24) is 0 Å². The number of hydrogen-bond donors (Lipinski definition) is 1. The fourth-order valence-corrected chi connectivity index (χ4v) is 1.93. The van der Waals surface area contributed by atoms with E-state index in [1.165, 1.54) is 37.5 Å². The molecule has 120 valence electrons. The molecule has 0 saturated carbocycles. The molecule has 0 heterocycles. The van der Waals surface area contributed by atoms with Crippen molar-refractivity contribution in [2.45, 2.75) is 6.18 Å². The van der Waals surface area contributed by atoms with Gasteiger partial charge in [0.25, 0.3) is 0 Å². The number of carbonyl (C=O) groups excluding carboxylic acids is 1. The van der Waals surface area contributed by atoms with Gasteiger partial charge in [0.1, 0.15) is 5.75 Å². The van der Waals surface area contributed by atoms with Crippen molar-refractivity contribution >= 4 is 17.7 Å². The maximum absolute atomic E-state index is 12.8. The maximum atomic E-state index is 12.8. The van der Waals surface area contributed by atoms with Gasteiger partial charge in [-0.05, 0) is 35.9 Å². The van der Waals surface area contributed by atoms with Crippen LogP contribution in [0.25, 0.3) is 6.08 Å². The predicted molar refractivity (Wildman–Crippen MR) is 82.1 cm³/mol. The highest BCUT2D eigenvalue weighted by Gasteiger charge is 2.33. The first-order valence-electron chi connectivity index (χ1n) is 6.69. The Morgan fingerprint density at radius 1 is 1.13 bits per heavy atom. The van der Waals surface area contributed by atoms with Gasteiger partial charge in [0.05, 0.1) is 18.4 Å². The van der Waals surface area contributed by atoms with Gasteiger partial charge < -0.3 is 10.1 Å². The second kappa shape index (κ2) is 7.00. The number of anilines is 1. The van der Waals surface area contributed by atoms with Crippen LogP contribution < -0.4 is 10.1 Å². The zero-order valence-corrected chi connectivity index (χ0v) is 12.2. The topological polar surface area (TPSA) is 38.3 Å². The molecule has 0 unspecified atom stereocenters. The minimum absolute atomic E-state index is 0.278. The Morgan fingerprint density at radius 3 is 2.57 bits per heavy atom. The summed E-state index contributed by atoms with van der Waals surface area (Å²) in [4.78, 5) is 11.8. The molecule has 3 nitrogen and oxygen atoms in total. The third kappa shape index (κ3) is 4.60. The van der Waals surface area contributed by atoms with E-state index in [4.69, 9.17) is 4.74 Å². The van der Waals surface area contributed by atoms with Crippen molar-refractivity contribution in [1.29, 1.82) is 0 Å². The van der Waals surface area contributed by atoms with E-state index in [-0.39, 0.29) is 5.69 Å². The number of amides is 1. The number of rotatable bonds is 4. The molecule has 2 rings (SSSR count). The Morgan fingerprint density at radius 2 is 1.87 bits per heavy atom. The third-order valence-corrected chi connectivity index (χ3v) is 3.01. The standard InChI is InChI=1S/C17H14F3NO2/c1-23-13-6-4-5-12(11-13)9-10-16(22)21-15-8-3-2-7-14(15)17(18,19)20/h2-11H,1H3,(H,21,22). The molecule has 0 bridgehead atoms. The number of alkyl halides is 3. The number of halogens is 3. The summed E-state index contributed by atoms with van der Waals surface area (Å²) in [7, 11) is 1.52. The number of hydrogen-bond acceptors (Lipinski definition) is 2. The number of nitrogens with one attached hydrogen (secondary N) is 1. The van der Waals surface area contributed by atoms with Gasteiger partial charge in [-0.25, -0.2) is 0 Å². The average Bonchev–Trinajstić information content (AvgIpc) is 2.52. The molecule has 0 aliphatic rings. The van der Waals surface area contributed by atoms with Crippen molar-refractivity contribution < 1.29 is 22.7 Å². The summed E-state index contributed by atoms with van der Waals surface area (Å²) in [5, 5.41) is 2.24. The SMILES string of the molecule is COc1cccc(C=CC(=O)Nc2ccccc2C(F)(F)F)c1. The lowest BCUT2D eigenvalue weighted by molar-refractivity contribution is -0.136. The summed E-state index contributed by atoms with van der Waals surface area (Å²) in [6.07, 6.45) is -1.86. The Bertz CT molecular complexity index is 724. The molecule has 2 aromatic rings. The quantitative estimate of drug-likeness (QED) is 0.850. The summed E-state index contributed by atoms with van der Waals surface area (Å²) in [5.41, 5.74) is -0.466. The predicted octanol–water partition coefficient (Wildman–Crippen LogP) is 4.37. The molecule has 0 aromatic heterocycles. The largest absolute Gasteiger partial charge is 0.497 e. The summed E-state index contributed by atoms with van der Waals surface area (Å²) >= 11 is 0. The first-order valence-corrected chi connectivity index (χ1v) is 6.69.